The van der Waals surface area contributed by atoms with Gasteiger partial charge < -0.3 is 4.74 Å². The van der Waals surface area contributed by atoms with E-state index >= 15 is 0 Å². The van der Waals surface area contributed by atoms with E-state index in [9.17, 15) is 14.0 Å². The lowest BCUT2D eigenvalue weighted by Gasteiger charge is -2.28. The molecule has 2 aromatic carbocycles. The first-order chi connectivity index (χ1) is 11.1. The number of carbonyl (C=O) groups excluding carboxylic acids is 2. The molecule has 1 saturated heterocycles. The Balaban J connectivity index is 1.70. The van der Waals surface area contributed by atoms with Crippen LogP contribution in [-0.2, 0) is 9.59 Å². The van der Waals surface area contributed by atoms with Crippen molar-refractivity contribution >= 4 is 29.3 Å². The zero-order valence-corrected chi connectivity index (χ0v) is 12.8. The largest absolute Gasteiger partial charge is 0.424 e. The summed E-state index contributed by atoms with van der Waals surface area (Å²) < 4.78 is 18.6. The van der Waals surface area contributed by atoms with E-state index in [2.05, 4.69) is 0 Å². The van der Waals surface area contributed by atoms with E-state index in [-0.39, 0.29) is 11.7 Å². The van der Waals surface area contributed by atoms with Crippen molar-refractivity contribution < 1.29 is 18.7 Å². The number of hydrogen-bond donors (Lipinski definition) is 0. The molecule has 6 heteroatoms. The van der Waals surface area contributed by atoms with Crippen molar-refractivity contribution in [3.8, 4) is 5.75 Å². The summed E-state index contributed by atoms with van der Waals surface area (Å²) in [6.45, 7) is 0. The highest BCUT2D eigenvalue weighted by molar-refractivity contribution is 8.02. The predicted octanol–water partition coefficient (Wildman–Crippen LogP) is 3.36. The maximum Gasteiger partial charge on any atom is 0.348 e. The first kappa shape index (κ1) is 14.3. The minimum absolute atomic E-state index is 0.0985. The smallest absolute Gasteiger partial charge is 0.348 e. The van der Waals surface area contributed by atoms with Gasteiger partial charge in [-0.05, 0) is 24.3 Å². The quantitative estimate of drug-likeness (QED) is 0.626. The fourth-order valence-corrected chi connectivity index (χ4v) is 4.38. The summed E-state index contributed by atoms with van der Waals surface area (Å²) in [5.41, 5.74) is 0.733. The van der Waals surface area contributed by atoms with Gasteiger partial charge in [-0.25, -0.2) is 9.18 Å². The van der Waals surface area contributed by atoms with Crippen LogP contribution >= 0.6 is 11.8 Å². The third-order valence-electron chi connectivity index (χ3n) is 4.00. The Hall–Kier alpha value is -2.34. The number of esters is 1. The van der Waals surface area contributed by atoms with Gasteiger partial charge in [0.15, 0.2) is 4.87 Å². The van der Waals surface area contributed by atoms with Gasteiger partial charge in [0.25, 0.3) is 0 Å². The minimum atomic E-state index is -1.09. The average molecular weight is 329 g/mol. The lowest BCUT2D eigenvalue weighted by molar-refractivity contribution is -0.137. The molecule has 116 valence electrons. The molecule has 4 nitrogen and oxygen atoms in total. The van der Waals surface area contributed by atoms with Crippen LogP contribution in [0.15, 0.2) is 53.4 Å². The second-order valence-electron chi connectivity index (χ2n) is 5.43. The van der Waals surface area contributed by atoms with Crippen LogP contribution in [0, 0.1) is 5.82 Å². The summed E-state index contributed by atoms with van der Waals surface area (Å²) in [7, 11) is 0. The van der Waals surface area contributed by atoms with E-state index in [0.717, 1.165) is 16.6 Å². The highest BCUT2D eigenvalue weighted by Gasteiger charge is 2.58. The van der Waals surface area contributed by atoms with Crippen LogP contribution in [0.3, 0.4) is 0 Å². The lowest BCUT2D eigenvalue weighted by atomic mass is 10.2. The first-order valence-corrected chi connectivity index (χ1v) is 8.01. The monoisotopic (exact) mass is 329 g/mol. The number of nitrogens with zero attached hydrogens (tertiary/aromatic N) is 1. The van der Waals surface area contributed by atoms with Crippen LogP contribution < -0.4 is 9.64 Å². The maximum atomic E-state index is 13.3. The van der Waals surface area contributed by atoms with E-state index in [1.807, 2.05) is 24.3 Å². The molecule has 1 fully saturated rings. The molecule has 2 heterocycles. The van der Waals surface area contributed by atoms with Gasteiger partial charge in [-0.15, -0.1) is 0 Å². The molecule has 23 heavy (non-hydrogen) atoms. The van der Waals surface area contributed by atoms with Crippen molar-refractivity contribution in [2.75, 3.05) is 4.90 Å². The topological polar surface area (TPSA) is 46.6 Å². The molecule has 0 N–H and O–H groups in total. The van der Waals surface area contributed by atoms with Crippen LogP contribution in [0.25, 0.3) is 0 Å². The fraction of sp³-hybridized carbons (Fsp3) is 0.176. The van der Waals surface area contributed by atoms with Crippen LogP contribution in [0.4, 0.5) is 10.1 Å². The number of anilines is 1. The second-order valence-corrected chi connectivity index (χ2v) is 6.75. The summed E-state index contributed by atoms with van der Waals surface area (Å²) in [6.07, 6.45) is 0.666. The molecule has 0 aromatic heterocycles. The van der Waals surface area contributed by atoms with Crippen molar-refractivity contribution in [3.63, 3.8) is 0 Å². The molecule has 4 rings (SSSR count). The molecule has 1 unspecified atom stereocenters. The van der Waals surface area contributed by atoms with E-state index in [4.69, 9.17) is 4.74 Å². The summed E-state index contributed by atoms with van der Waals surface area (Å²) in [4.78, 5) is 26.4. The number of ether oxygens (including phenoxy) is 1. The van der Waals surface area contributed by atoms with Crippen LogP contribution in [0.1, 0.15) is 12.8 Å². The zero-order valence-electron chi connectivity index (χ0n) is 12.0. The van der Waals surface area contributed by atoms with Gasteiger partial charge in [0.2, 0.25) is 5.91 Å². The van der Waals surface area contributed by atoms with Gasteiger partial charge in [0.05, 0.1) is 5.69 Å². The Labute approximate surface area is 136 Å². The van der Waals surface area contributed by atoms with E-state index < -0.39 is 16.7 Å². The Morgan fingerprint density at radius 2 is 2.04 bits per heavy atom. The van der Waals surface area contributed by atoms with Crippen molar-refractivity contribution in [1.82, 2.24) is 0 Å². The SMILES string of the molecule is O=C1CCC2(C(=O)Oc3cccc(F)c3)Sc3ccccc3N12. The fourth-order valence-electron chi connectivity index (χ4n) is 2.99. The number of hydrogen-bond acceptors (Lipinski definition) is 4. The van der Waals surface area contributed by atoms with Gasteiger partial charge in [-0.1, -0.05) is 30.0 Å². The molecule has 0 saturated carbocycles. The predicted molar refractivity (Wildman–Crippen MR) is 83.8 cm³/mol. The molecule has 0 bridgehead atoms. The van der Waals surface area contributed by atoms with Crippen molar-refractivity contribution in [2.45, 2.75) is 22.6 Å². The molecule has 1 amide bonds. The highest BCUT2D eigenvalue weighted by atomic mass is 32.2. The summed E-state index contributed by atoms with van der Waals surface area (Å²) in [6, 6.07) is 12.8. The summed E-state index contributed by atoms with van der Waals surface area (Å²) in [5.74, 6) is -0.983. The number of amides is 1. The zero-order chi connectivity index (χ0) is 16.0. The molecule has 0 aliphatic carbocycles. The normalized spacial score (nSPS) is 22.0. The highest BCUT2D eigenvalue weighted by Crippen LogP contribution is 2.56. The number of fused-ring (bicyclic) bond motifs is 3. The third-order valence-corrected chi connectivity index (χ3v) is 5.46. The van der Waals surface area contributed by atoms with Gasteiger partial charge in [-0.3, -0.25) is 9.69 Å². The molecule has 2 aliphatic rings. The molecular weight excluding hydrogens is 317 g/mol. The van der Waals surface area contributed by atoms with Crippen molar-refractivity contribution in [2.24, 2.45) is 0 Å². The molecule has 2 aromatic rings. The van der Waals surface area contributed by atoms with Gasteiger partial charge >= 0.3 is 5.97 Å². The number of benzene rings is 2. The van der Waals surface area contributed by atoms with Crippen molar-refractivity contribution in [1.29, 1.82) is 0 Å². The standard InChI is InChI=1S/C17H12FNO3S/c18-11-4-3-5-12(10-11)22-16(21)17-9-8-15(20)19(17)13-6-1-2-7-14(13)23-17/h1-7,10H,8-9H2. The Kier molecular flexibility index (Phi) is 3.16. The third kappa shape index (κ3) is 2.13. The molecule has 1 atom stereocenters. The van der Waals surface area contributed by atoms with E-state index in [0.29, 0.717) is 12.8 Å². The van der Waals surface area contributed by atoms with Crippen LogP contribution in [-0.4, -0.2) is 16.7 Å². The number of thioether (sulfide) groups is 1. The Bertz CT molecular complexity index is 825. The van der Waals surface area contributed by atoms with Gasteiger partial charge in [0, 0.05) is 23.8 Å². The maximum absolute atomic E-state index is 13.3. The number of halogens is 1. The Morgan fingerprint density at radius 1 is 1.22 bits per heavy atom. The first-order valence-electron chi connectivity index (χ1n) is 7.19. The molecule has 0 radical (unpaired) electrons. The number of para-hydroxylation sites is 1. The van der Waals surface area contributed by atoms with E-state index in [1.165, 1.54) is 34.9 Å². The van der Waals surface area contributed by atoms with Gasteiger partial charge in [-0.2, -0.15) is 0 Å². The summed E-state index contributed by atoms with van der Waals surface area (Å²) >= 11 is 1.33. The summed E-state index contributed by atoms with van der Waals surface area (Å²) in [5, 5.41) is 0. The molecule has 0 spiro atoms. The van der Waals surface area contributed by atoms with Crippen molar-refractivity contribution in [3.05, 3.63) is 54.3 Å². The lowest BCUT2D eigenvalue weighted by Crippen LogP contribution is -2.48. The Morgan fingerprint density at radius 3 is 2.87 bits per heavy atom. The van der Waals surface area contributed by atoms with Crippen LogP contribution in [0.2, 0.25) is 0 Å². The second kappa shape index (κ2) is 5.09. The number of rotatable bonds is 2. The van der Waals surface area contributed by atoms with Gasteiger partial charge in [0.1, 0.15) is 11.6 Å². The minimum Gasteiger partial charge on any atom is -0.424 e. The molecular formula is C17H12FNO3S. The molecule has 2 aliphatic heterocycles. The van der Waals surface area contributed by atoms with E-state index in [1.54, 1.807) is 0 Å². The van der Waals surface area contributed by atoms with Crippen LogP contribution in [0.5, 0.6) is 5.75 Å². The average Bonchev–Trinajstić information content (AvgIpc) is 3.04. The number of carbonyl (C=O) groups is 2.